The van der Waals surface area contributed by atoms with Crippen LogP contribution in [0.1, 0.15) is 10.4 Å². The molecule has 0 aromatic heterocycles. The van der Waals surface area contributed by atoms with Crippen molar-refractivity contribution in [3.8, 4) is 5.75 Å². The van der Waals surface area contributed by atoms with Crippen molar-refractivity contribution in [3.05, 3.63) is 42.7 Å². The molecule has 1 aromatic carbocycles. The molecule has 0 bridgehead atoms. The molecule has 0 spiro atoms. The smallest absolute Gasteiger partial charge is 0.273 e. The van der Waals surface area contributed by atoms with Crippen molar-refractivity contribution in [1.82, 2.24) is 16.2 Å². The second kappa shape index (κ2) is 7.93. The van der Waals surface area contributed by atoms with Crippen LogP contribution in [0, 0.1) is 0 Å². The van der Waals surface area contributed by atoms with Gasteiger partial charge < -0.3 is 15.2 Å². The summed E-state index contributed by atoms with van der Waals surface area (Å²) in [5.74, 6) is -0.579. The molecule has 0 unspecified atom stereocenters. The standard InChI is InChI=1S/C12H15N3O3S/c1-2-18-8-7-13-12(19)15-14-11(17)9-5-3-4-6-10(9)16/h2-6,16H,1,7-8H2,(H,14,17)(H2,13,15,19). The van der Waals surface area contributed by atoms with E-state index in [0.29, 0.717) is 13.2 Å². The summed E-state index contributed by atoms with van der Waals surface area (Å²) in [6, 6.07) is 6.21. The molecule has 1 rings (SSSR count). The van der Waals surface area contributed by atoms with Crippen LogP contribution < -0.4 is 16.2 Å². The molecular formula is C12H15N3O3S. The Morgan fingerprint density at radius 3 is 2.84 bits per heavy atom. The highest BCUT2D eigenvalue weighted by Gasteiger charge is 2.09. The molecular weight excluding hydrogens is 266 g/mol. The van der Waals surface area contributed by atoms with Gasteiger partial charge in [0.1, 0.15) is 12.4 Å². The van der Waals surface area contributed by atoms with Gasteiger partial charge >= 0.3 is 0 Å². The minimum Gasteiger partial charge on any atom is -0.507 e. The van der Waals surface area contributed by atoms with E-state index in [9.17, 15) is 9.90 Å². The van der Waals surface area contributed by atoms with Crippen molar-refractivity contribution in [2.45, 2.75) is 0 Å². The number of hydrazine groups is 1. The highest BCUT2D eigenvalue weighted by atomic mass is 32.1. The number of thiocarbonyl (C=S) groups is 1. The lowest BCUT2D eigenvalue weighted by Crippen LogP contribution is -2.47. The Morgan fingerprint density at radius 2 is 2.16 bits per heavy atom. The van der Waals surface area contributed by atoms with Crippen LogP contribution in [0.4, 0.5) is 0 Å². The predicted octanol–water partition coefficient (Wildman–Crippen LogP) is 0.661. The minimum atomic E-state index is -0.482. The van der Waals surface area contributed by atoms with Crippen LogP contribution in [-0.2, 0) is 4.74 Å². The summed E-state index contributed by atoms with van der Waals surface area (Å²) in [7, 11) is 0. The topological polar surface area (TPSA) is 82.6 Å². The number of para-hydroxylation sites is 1. The van der Waals surface area contributed by atoms with Gasteiger partial charge in [-0.05, 0) is 24.4 Å². The third-order valence-corrected chi connectivity index (χ3v) is 2.31. The number of hydrogen-bond acceptors (Lipinski definition) is 4. The maximum atomic E-state index is 11.7. The molecule has 4 N–H and O–H groups in total. The molecule has 0 radical (unpaired) electrons. The average Bonchev–Trinajstić information content (AvgIpc) is 2.41. The summed E-state index contributed by atoms with van der Waals surface area (Å²) in [6.45, 7) is 4.29. The van der Waals surface area contributed by atoms with Crippen molar-refractivity contribution in [2.24, 2.45) is 0 Å². The van der Waals surface area contributed by atoms with Gasteiger partial charge in [-0.3, -0.25) is 15.6 Å². The number of phenolic OH excluding ortho intramolecular Hbond substituents is 1. The molecule has 0 aliphatic heterocycles. The quantitative estimate of drug-likeness (QED) is 0.275. The fraction of sp³-hybridized carbons (Fsp3) is 0.167. The Morgan fingerprint density at radius 1 is 1.42 bits per heavy atom. The van der Waals surface area contributed by atoms with Crippen LogP contribution in [0.15, 0.2) is 37.1 Å². The number of rotatable bonds is 5. The maximum Gasteiger partial charge on any atom is 0.273 e. The van der Waals surface area contributed by atoms with Crippen LogP contribution in [0.3, 0.4) is 0 Å². The van der Waals surface area contributed by atoms with E-state index in [1.165, 1.54) is 18.4 Å². The number of nitrogens with one attached hydrogen (secondary N) is 3. The van der Waals surface area contributed by atoms with Gasteiger partial charge in [0.25, 0.3) is 5.91 Å². The fourth-order valence-corrected chi connectivity index (χ4v) is 1.35. The number of aromatic hydroxyl groups is 1. The number of carbonyl (C=O) groups excluding carboxylic acids is 1. The Kier molecular flexibility index (Phi) is 6.17. The average molecular weight is 281 g/mol. The van der Waals surface area contributed by atoms with E-state index in [1.807, 2.05) is 0 Å². The first-order valence-electron chi connectivity index (χ1n) is 5.50. The van der Waals surface area contributed by atoms with Gasteiger partial charge in [0.05, 0.1) is 18.4 Å². The van der Waals surface area contributed by atoms with Gasteiger partial charge in [0.2, 0.25) is 0 Å². The zero-order valence-electron chi connectivity index (χ0n) is 10.2. The van der Waals surface area contributed by atoms with Crippen LogP contribution in [-0.4, -0.2) is 29.3 Å². The van der Waals surface area contributed by atoms with Crippen molar-refractivity contribution in [1.29, 1.82) is 0 Å². The summed E-state index contributed by atoms with van der Waals surface area (Å²) in [4.78, 5) is 11.7. The van der Waals surface area contributed by atoms with E-state index in [4.69, 9.17) is 17.0 Å². The first-order valence-corrected chi connectivity index (χ1v) is 5.90. The Labute approximate surface area is 116 Å². The van der Waals surface area contributed by atoms with Gasteiger partial charge in [-0.15, -0.1) is 0 Å². The van der Waals surface area contributed by atoms with E-state index < -0.39 is 5.91 Å². The van der Waals surface area contributed by atoms with Crippen LogP contribution >= 0.6 is 12.2 Å². The monoisotopic (exact) mass is 281 g/mol. The molecule has 0 saturated carbocycles. The largest absolute Gasteiger partial charge is 0.507 e. The molecule has 19 heavy (non-hydrogen) atoms. The highest BCUT2D eigenvalue weighted by molar-refractivity contribution is 7.80. The lowest BCUT2D eigenvalue weighted by atomic mass is 10.2. The van der Waals surface area contributed by atoms with Crippen molar-refractivity contribution >= 4 is 23.2 Å². The summed E-state index contributed by atoms with van der Waals surface area (Å²) >= 11 is 4.92. The Balaban J connectivity index is 2.32. The zero-order valence-corrected chi connectivity index (χ0v) is 11.0. The first kappa shape index (κ1) is 14.8. The van der Waals surface area contributed by atoms with Crippen molar-refractivity contribution < 1.29 is 14.6 Å². The molecule has 0 atom stereocenters. The number of benzene rings is 1. The molecule has 0 fully saturated rings. The number of amides is 1. The Bertz CT molecular complexity index is 465. The summed E-state index contributed by atoms with van der Waals surface area (Å²) < 4.78 is 4.89. The highest BCUT2D eigenvalue weighted by Crippen LogP contribution is 2.14. The van der Waals surface area contributed by atoms with Gasteiger partial charge in [0.15, 0.2) is 5.11 Å². The SMILES string of the molecule is C=COCCNC(=S)NNC(=O)c1ccccc1O. The maximum absolute atomic E-state index is 11.7. The third-order valence-electron chi connectivity index (χ3n) is 2.06. The number of hydrogen-bond donors (Lipinski definition) is 4. The van der Waals surface area contributed by atoms with Gasteiger partial charge in [-0.25, -0.2) is 0 Å². The third kappa shape index (κ3) is 5.26. The fourth-order valence-electron chi connectivity index (χ4n) is 1.20. The summed E-state index contributed by atoms with van der Waals surface area (Å²) in [5, 5.41) is 12.5. The van der Waals surface area contributed by atoms with E-state index in [0.717, 1.165) is 0 Å². The van der Waals surface area contributed by atoms with E-state index >= 15 is 0 Å². The molecule has 0 heterocycles. The van der Waals surface area contributed by atoms with Gasteiger partial charge in [-0.2, -0.15) is 0 Å². The van der Waals surface area contributed by atoms with Crippen LogP contribution in [0.25, 0.3) is 0 Å². The summed E-state index contributed by atoms with van der Waals surface area (Å²) in [6.07, 6.45) is 1.33. The van der Waals surface area contributed by atoms with Gasteiger partial charge in [-0.1, -0.05) is 18.7 Å². The number of phenols is 1. The predicted molar refractivity (Wildman–Crippen MR) is 75.5 cm³/mol. The molecule has 6 nitrogen and oxygen atoms in total. The Hall–Kier alpha value is -2.28. The second-order valence-electron chi connectivity index (χ2n) is 3.39. The molecule has 0 aliphatic carbocycles. The van der Waals surface area contributed by atoms with Crippen molar-refractivity contribution in [2.75, 3.05) is 13.2 Å². The molecule has 1 aromatic rings. The number of carbonyl (C=O) groups is 1. The molecule has 0 saturated heterocycles. The molecule has 1 amide bonds. The zero-order chi connectivity index (χ0) is 14.1. The van der Waals surface area contributed by atoms with Crippen LogP contribution in [0.2, 0.25) is 0 Å². The molecule has 102 valence electrons. The van der Waals surface area contributed by atoms with E-state index in [-0.39, 0.29) is 16.4 Å². The second-order valence-corrected chi connectivity index (χ2v) is 3.80. The molecule has 0 aliphatic rings. The number of ether oxygens (including phenoxy) is 1. The van der Waals surface area contributed by atoms with E-state index in [2.05, 4.69) is 22.7 Å². The lowest BCUT2D eigenvalue weighted by Gasteiger charge is -2.11. The lowest BCUT2D eigenvalue weighted by molar-refractivity contribution is 0.0941. The molecule has 7 heteroatoms. The normalized spacial score (nSPS) is 9.26. The van der Waals surface area contributed by atoms with Crippen molar-refractivity contribution in [3.63, 3.8) is 0 Å². The van der Waals surface area contributed by atoms with Crippen LogP contribution in [0.5, 0.6) is 5.75 Å². The minimum absolute atomic E-state index is 0.0972. The van der Waals surface area contributed by atoms with Gasteiger partial charge in [0, 0.05) is 0 Å². The first-order chi connectivity index (χ1) is 9.15. The summed E-state index contributed by atoms with van der Waals surface area (Å²) in [5.41, 5.74) is 5.04. The van der Waals surface area contributed by atoms with E-state index in [1.54, 1.807) is 12.1 Å².